The van der Waals surface area contributed by atoms with Gasteiger partial charge in [0.2, 0.25) is 0 Å². The predicted molar refractivity (Wildman–Crippen MR) is 100 cm³/mol. The van der Waals surface area contributed by atoms with Crippen LogP contribution in [0.5, 0.6) is 0 Å². The molecule has 2 fully saturated rings. The lowest BCUT2D eigenvalue weighted by Gasteiger charge is -2.58. The van der Waals surface area contributed by atoms with Crippen molar-refractivity contribution in [3.8, 4) is 0 Å². The normalized spacial score (nSPS) is 18.7. The molecule has 1 saturated heterocycles. The maximum absolute atomic E-state index is 12.0. The van der Waals surface area contributed by atoms with Gasteiger partial charge >= 0.3 is 12.1 Å². The summed E-state index contributed by atoms with van der Waals surface area (Å²) in [6.45, 7) is 7.50. The number of carbonyl (C=O) groups is 2. The maximum atomic E-state index is 12.0. The number of halogens is 1. The van der Waals surface area contributed by atoms with Crippen molar-refractivity contribution < 1.29 is 14.3 Å². The van der Waals surface area contributed by atoms with Gasteiger partial charge < -0.3 is 20.3 Å². The first kappa shape index (κ1) is 18.8. The number of likely N-dealkylation sites (tertiary alicyclic amines) is 1. The van der Waals surface area contributed by atoms with Crippen molar-refractivity contribution in [1.29, 1.82) is 0 Å². The Hall–Kier alpha value is -1.95. The average molecular weight is 380 g/mol. The molecule has 0 atom stereocenters. The summed E-state index contributed by atoms with van der Waals surface area (Å²) in [5.41, 5.74) is 0.693. The number of hydrogen-bond donors (Lipinski definition) is 2. The summed E-state index contributed by atoms with van der Waals surface area (Å²) in [5.74, 6) is 0. The number of ether oxygens (including phenoxy) is 1. The smallest absolute Gasteiger partial charge is 0.410 e. The number of benzene rings is 1. The van der Waals surface area contributed by atoms with Crippen LogP contribution in [0.3, 0.4) is 0 Å². The van der Waals surface area contributed by atoms with Gasteiger partial charge in [-0.15, -0.1) is 0 Å². The fourth-order valence-corrected chi connectivity index (χ4v) is 3.71. The van der Waals surface area contributed by atoms with Crippen molar-refractivity contribution >= 4 is 23.7 Å². The van der Waals surface area contributed by atoms with Gasteiger partial charge in [0.25, 0.3) is 0 Å². The molecule has 142 valence electrons. The first-order valence-electron chi connectivity index (χ1n) is 8.91. The van der Waals surface area contributed by atoms with Gasteiger partial charge in [-0.25, -0.2) is 9.59 Å². The standard InChI is InChI=1S/C19H26ClN3O3/c1-18(2,3)26-17(25)23-11-19(12-23)8-15(9-19)22-16(24)21-10-13-4-6-14(20)7-5-13/h4-7,15H,8-12H2,1-3H3,(H2,21,22,24). The van der Waals surface area contributed by atoms with Crippen molar-refractivity contribution in [3.05, 3.63) is 34.9 Å². The van der Waals surface area contributed by atoms with Gasteiger partial charge in [-0.2, -0.15) is 0 Å². The second-order valence-electron chi connectivity index (χ2n) is 8.40. The van der Waals surface area contributed by atoms with Crippen LogP contribution in [0.2, 0.25) is 5.02 Å². The molecule has 2 aliphatic rings. The number of urea groups is 1. The molecule has 1 saturated carbocycles. The fraction of sp³-hybridized carbons (Fsp3) is 0.579. The number of amides is 3. The number of nitrogens with one attached hydrogen (secondary N) is 2. The number of rotatable bonds is 3. The zero-order valence-corrected chi connectivity index (χ0v) is 16.2. The number of carbonyl (C=O) groups excluding carboxylic acids is 2. The largest absolute Gasteiger partial charge is 0.444 e. The van der Waals surface area contributed by atoms with Gasteiger partial charge in [-0.1, -0.05) is 23.7 Å². The fourth-order valence-electron chi connectivity index (χ4n) is 3.59. The third-order valence-electron chi connectivity index (χ3n) is 4.76. The van der Waals surface area contributed by atoms with Crippen molar-refractivity contribution in [2.24, 2.45) is 5.41 Å². The van der Waals surface area contributed by atoms with E-state index in [0.717, 1.165) is 18.4 Å². The quantitative estimate of drug-likeness (QED) is 0.843. The van der Waals surface area contributed by atoms with Gasteiger partial charge in [-0.05, 0) is 51.3 Å². The van der Waals surface area contributed by atoms with Gasteiger partial charge in [0.1, 0.15) is 5.60 Å². The summed E-state index contributed by atoms with van der Waals surface area (Å²) >= 11 is 5.84. The molecule has 1 heterocycles. The van der Waals surface area contributed by atoms with Crippen molar-refractivity contribution in [1.82, 2.24) is 15.5 Å². The van der Waals surface area contributed by atoms with Crippen LogP contribution < -0.4 is 10.6 Å². The molecule has 1 spiro atoms. The van der Waals surface area contributed by atoms with Crippen LogP contribution in [-0.4, -0.2) is 41.8 Å². The Labute approximate surface area is 159 Å². The Morgan fingerprint density at radius 3 is 2.42 bits per heavy atom. The van der Waals surface area contributed by atoms with Crippen LogP contribution in [0.15, 0.2) is 24.3 Å². The molecular formula is C19H26ClN3O3. The monoisotopic (exact) mass is 379 g/mol. The second kappa shape index (κ2) is 6.99. The van der Waals surface area contributed by atoms with E-state index in [1.165, 1.54) is 0 Å². The van der Waals surface area contributed by atoms with E-state index in [9.17, 15) is 9.59 Å². The van der Waals surface area contributed by atoms with E-state index in [-0.39, 0.29) is 23.6 Å². The Morgan fingerprint density at radius 2 is 1.85 bits per heavy atom. The molecule has 0 unspecified atom stereocenters. The number of hydrogen-bond acceptors (Lipinski definition) is 3. The predicted octanol–water partition coefficient (Wildman–Crippen LogP) is 3.54. The first-order valence-corrected chi connectivity index (χ1v) is 9.29. The van der Waals surface area contributed by atoms with E-state index < -0.39 is 5.60 Å². The molecule has 1 aliphatic carbocycles. The van der Waals surface area contributed by atoms with Crippen LogP contribution in [0, 0.1) is 5.41 Å². The SMILES string of the molecule is CC(C)(C)OC(=O)N1CC2(CC(NC(=O)NCc3ccc(Cl)cc3)C2)C1. The van der Waals surface area contributed by atoms with Gasteiger partial charge in [0, 0.05) is 36.1 Å². The molecule has 0 radical (unpaired) electrons. The summed E-state index contributed by atoms with van der Waals surface area (Å²) in [7, 11) is 0. The van der Waals surface area contributed by atoms with Gasteiger partial charge in [-0.3, -0.25) is 0 Å². The molecule has 6 nitrogen and oxygen atoms in total. The van der Waals surface area contributed by atoms with Crippen LogP contribution >= 0.6 is 11.6 Å². The first-order chi connectivity index (χ1) is 12.1. The minimum atomic E-state index is -0.467. The highest BCUT2D eigenvalue weighted by Crippen LogP contribution is 2.48. The van der Waals surface area contributed by atoms with E-state index in [1.807, 2.05) is 32.9 Å². The lowest BCUT2D eigenvalue weighted by molar-refractivity contribution is -0.0808. The third kappa shape index (κ3) is 4.61. The zero-order valence-electron chi connectivity index (χ0n) is 15.5. The molecule has 26 heavy (non-hydrogen) atoms. The van der Waals surface area contributed by atoms with Crippen LogP contribution in [0.1, 0.15) is 39.2 Å². The molecule has 1 aromatic rings. The lowest BCUT2D eigenvalue weighted by atomic mass is 9.61. The number of nitrogens with zero attached hydrogens (tertiary/aromatic N) is 1. The molecule has 3 amide bonds. The molecular weight excluding hydrogens is 354 g/mol. The molecule has 7 heteroatoms. The molecule has 1 aromatic carbocycles. The summed E-state index contributed by atoms with van der Waals surface area (Å²) in [4.78, 5) is 25.7. The van der Waals surface area contributed by atoms with Gasteiger partial charge in [0.15, 0.2) is 0 Å². The lowest BCUT2D eigenvalue weighted by Crippen LogP contribution is -2.68. The van der Waals surface area contributed by atoms with Crippen molar-refractivity contribution in [2.75, 3.05) is 13.1 Å². The molecule has 0 bridgehead atoms. The van der Waals surface area contributed by atoms with E-state index >= 15 is 0 Å². The average Bonchev–Trinajstić information content (AvgIpc) is 2.45. The van der Waals surface area contributed by atoms with Crippen molar-refractivity contribution in [2.45, 2.75) is 51.8 Å². The Morgan fingerprint density at radius 1 is 1.23 bits per heavy atom. The van der Waals surface area contributed by atoms with Crippen molar-refractivity contribution in [3.63, 3.8) is 0 Å². The second-order valence-corrected chi connectivity index (χ2v) is 8.83. The molecule has 3 rings (SSSR count). The molecule has 1 aliphatic heterocycles. The van der Waals surface area contributed by atoms with E-state index in [4.69, 9.17) is 16.3 Å². The molecule has 2 N–H and O–H groups in total. The summed E-state index contributed by atoms with van der Waals surface area (Å²) in [5, 5.41) is 6.53. The van der Waals surface area contributed by atoms with E-state index in [2.05, 4.69) is 10.6 Å². The van der Waals surface area contributed by atoms with Crippen LogP contribution in [0.4, 0.5) is 9.59 Å². The van der Waals surface area contributed by atoms with Crippen LogP contribution in [-0.2, 0) is 11.3 Å². The summed E-state index contributed by atoms with van der Waals surface area (Å²) < 4.78 is 5.38. The Kier molecular flexibility index (Phi) is 5.06. The minimum absolute atomic E-state index is 0.158. The van der Waals surface area contributed by atoms with E-state index in [1.54, 1.807) is 17.0 Å². The maximum Gasteiger partial charge on any atom is 0.410 e. The minimum Gasteiger partial charge on any atom is -0.444 e. The van der Waals surface area contributed by atoms with Gasteiger partial charge in [0.05, 0.1) is 0 Å². The van der Waals surface area contributed by atoms with Crippen LogP contribution in [0.25, 0.3) is 0 Å². The zero-order chi connectivity index (χ0) is 18.9. The summed E-state index contributed by atoms with van der Waals surface area (Å²) in [6.07, 6.45) is 1.56. The third-order valence-corrected chi connectivity index (χ3v) is 5.02. The molecule has 0 aromatic heterocycles. The highest BCUT2D eigenvalue weighted by atomic mass is 35.5. The highest BCUT2D eigenvalue weighted by molar-refractivity contribution is 6.30. The summed E-state index contributed by atoms with van der Waals surface area (Å²) in [6, 6.07) is 7.39. The highest BCUT2D eigenvalue weighted by Gasteiger charge is 2.54. The topological polar surface area (TPSA) is 70.7 Å². The Balaban J connectivity index is 1.34. The van der Waals surface area contributed by atoms with E-state index in [0.29, 0.717) is 24.7 Å². The Bertz CT molecular complexity index is 670.